The number of carbonyl (C=O) groups is 1. The van der Waals surface area contributed by atoms with Crippen LogP contribution in [0.5, 0.6) is 0 Å². The predicted octanol–water partition coefficient (Wildman–Crippen LogP) is 0.644. The first-order chi connectivity index (χ1) is 6.88. The van der Waals surface area contributed by atoms with Crippen LogP contribution in [0.1, 0.15) is 15.9 Å². The van der Waals surface area contributed by atoms with Gasteiger partial charge in [-0.15, -0.1) is 0 Å². The molecule has 7 heteroatoms. The summed E-state index contributed by atoms with van der Waals surface area (Å²) in [7, 11) is -4.03. The monoisotopic (exact) mass is 247 g/mol. The third-order valence-electron chi connectivity index (χ3n) is 1.77. The van der Waals surface area contributed by atoms with Crippen LogP contribution in [-0.2, 0) is 13.7 Å². The summed E-state index contributed by atoms with van der Waals surface area (Å²) in [5, 5.41) is 0. The Bertz CT molecular complexity index is 495. The topological polar surface area (TPSA) is 86.5 Å². The number of thiol groups is 1. The number of carbonyl (C=O) groups excluding carboxylic acids is 1. The summed E-state index contributed by atoms with van der Waals surface area (Å²) in [5.41, 5.74) is 5.59. The maximum absolute atomic E-state index is 11.4. The first-order valence-electron chi connectivity index (χ1n) is 3.87. The minimum absolute atomic E-state index is 0.116. The van der Waals surface area contributed by atoms with Gasteiger partial charge in [0, 0.05) is 0 Å². The van der Waals surface area contributed by atoms with Crippen molar-refractivity contribution >= 4 is 28.9 Å². The normalized spacial score (nSPS) is 11.3. The minimum Gasteiger partial charge on any atom is -0.366 e. The molecule has 1 aromatic carbocycles. The highest BCUT2D eigenvalue weighted by molar-refractivity contribution is 7.95. The highest BCUT2D eigenvalue weighted by atomic mass is 32.3. The van der Waals surface area contributed by atoms with E-state index in [1.54, 1.807) is 13.0 Å². The molecule has 0 bridgehead atoms. The number of benzene rings is 1. The van der Waals surface area contributed by atoms with E-state index in [0.717, 1.165) is 0 Å². The van der Waals surface area contributed by atoms with E-state index in [2.05, 4.69) is 16.5 Å². The lowest BCUT2D eigenvalue weighted by Gasteiger charge is -2.06. The van der Waals surface area contributed by atoms with Crippen LogP contribution in [0.25, 0.3) is 0 Å². The van der Waals surface area contributed by atoms with E-state index in [1.807, 2.05) is 0 Å². The SMILES string of the molecule is Cc1ccc(C(N)=O)c(S(=O)(=O)OS)c1. The number of aryl methyl sites for hydroxylation is 1. The Hall–Kier alpha value is -1.05. The van der Waals surface area contributed by atoms with Gasteiger partial charge >= 0.3 is 10.1 Å². The smallest absolute Gasteiger partial charge is 0.308 e. The summed E-state index contributed by atoms with van der Waals surface area (Å²) in [4.78, 5) is 10.7. The Morgan fingerprint density at radius 3 is 2.53 bits per heavy atom. The second kappa shape index (κ2) is 4.21. The van der Waals surface area contributed by atoms with E-state index in [1.165, 1.54) is 12.1 Å². The summed E-state index contributed by atoms with van der Waals surface area (Å²) in [5.74, 6) is -0.834. The van der Waals surface area contributed by atoms with Crippen LogP contribution >= 0.6 is 12.9 Å². The number of rotatable bonds is 3. The second-order valence-electron chi connectivity index (χ2n) is 2.89. The molecule has 0 fully saturated rings. The maximum atomic E-state index is 11.4. The van der Waals surface area contributed by atoms with Crippen molar-refractivity contribution in [3.8, 4) is 0 Å². The number of hydrogen-bond acceptors (Lipinski definition) is 5. The second-order valence-corrected chi connectivity index (χ2v) is 4.84. The molecule has 1 aromatic rings. The number of primary amides is 1. The summed E-state index contributed by atoms with van der Waals surface area (Å²) < 4.78 is 26.8. The summed E-state index contributed by atoms with van der Waals surface area (Å²) in [6, 6.07) is 4.21. The average Bonchev–Trinajstić information content (AvgIpc) is 2.17. The van der Waals surface area contributed by atoms with E-state index >= 15 is 0 Å². The van der Waals surface area contributed by atoms with Gasteiger partial charge in [0.25, 0.3) is 0 Å². The zero-order chi connectivity index (χ0) is 11.6. The lowest BCUT2D eigenvalue weighted by atomic mass is 10.1. The molecule has 0 saturated heterocycles. The molecule has 5 nitrogen and oxygen atoms in total. The molecular formula is C8H9NO4S2. The van der Waals surface area contributed by atoms with E-state index in [4.69, 9.17) is 5.73 Å². The molecule has 2 N–H and O–H groups in total. The van der Waals surface area contributed by atoms with Crippen LogP contribution in [0.15, 0.2) is 23.1 Å². The molecule has 0 aromatic heterocycles. The van der Waals surface area contributed by atoms with Crippen LogP contribution in [0, 0.1) is 6.92 Å². The fourth-order valence-electron chi connectivity index (χ4n) is 1.08. The van der Waals surface area contributed by atoms with Gasteiger partial charge < -0.3 is 5.73 Å². The van der Waals surface area contributed by atoms with E-state index in [0.29, 0.717) is 5.56 Å². The van der Waals surface area contributed by atoms with Crippen molar-refractivity contribution in [3.63, 3.8) is 0 Å². The Balaban J connectivity index is 3.51. The highest BCUT2D eigenvalue weighted by Crippen LogP contribution is 2.20. The molecule has 82 valence electrons. The third kappa shape index (κ3) is 2.49. The van der Waals surface area contributed by atoms with Crippen LogP contribution in [0.4, 0.5) is 0 Å². The van der Waals surface area contributed by atoms with Gasteiger partial charge in [0.2, 0.25) is 5.91 Å². The number of nitrogens with two attached hydrogens (primary N) is 1. The first-order valence-corrected chi connectivity index (χ1v) is 5.64. The third-order valence-corrected chi connectivity index (χ3v) is 3.43. The zero-order valence-electron chi connectivity index (χ0n) is 7.80. The number of amides is 1. The van der Waals surface area contributed by atoms with Crippen molar-refractivity contribution in [3.05, 3.63) is 29.3 Å². The van der Waals surface area contributed by atoms with Crippen molar-refractivity contribution in [2.24, 2.45) is 5.73 Å². The first kappa shape index (κ1) is 12.0. The van der Waals surface area contributed by atoms with E-state index in [9.17, 15) is 13.2 Å². The van der Waals surface area contributed by atoms with Crippen LogP contribution in [0.3, 0.4) is 0 Å². The van der Waals surface area contributed by atoms with Crippen molar-refractivity contribution in [1.82, 2.24) is 0 Å². The van der Waals surface area contributed by atoms with Crippen molar-refractivity contribution in [2.75, 3.05) is 0 Å². The van der Waals surface area contributed by atoms with Gasteiger partial charge in [0.15, 0.2) is 0 Å². The predicted molar refractivity (Wildman–Crippen MR) is 57.0 cm³/mol. The van der Waals surface area contributed by atoms with Gasteiger partial charge in [-0.1, -0.05) is 6.07 Å². The highest BCUT2D eigenvalue weighted by Gasteiger charge is 2.21. The lowest BCUT2D eigenvalue weighted by molar-refractivity contribution is 0.0997. The Labute approximate surface area is 93.0 Å². The zero-order valence-corrected chi connectivity index (χ0v) is 9.51. The molecular weight excluding hydrogens is 238 g/mol. The molecule has 15 heavy (non-hydrogen) atoms. The van der Waals surface area contributed by atoms with Crippen LogP contribution in [0.2, 0.25) is 0 Å². The maximum Gasteiger partial charge on any atom is 0.308 e. The fourth-order valence-corrected chi connectivity index (χ4v) is 2.17. The average molecular weight is 247 g/mol. The molecule has 0 aliphatic rings. The Morgan fingerprint density at radius 2 is 2.07 bits per heavy atom. The molecule has 0 heterocycles. The molecule has 1 amide bonds. The molecule has 0 aliphatic carbocycles. The molecule has 1 rings (SSSR count). The van der Waals surface area contributed by atoms with Gasteiger partial charge in [-0.05, 0) is 37.5 Å². The van der Waals surface area contributed by atoms with Crippen molar-refractivity contribution in [2.45, 2.75) is 11.8 Å². The van der Waals surface area contributed by atoms with E-state index in [-0.39, 0.29) is 10.5 Å². The van der Waals surface area contributed by atoms with E-state index < -0.39 is 16.0 Å². The Morgan fingerprint density at radius 1 is 1.47 bits per heavy atom. The standard InChI is InChI=1S/C8H9NO4S2/c1-5-2-3-6(8(9)10)7(4-5)15(11,12)13-14/h2-4,14H,1H3,(H2,9,10). The molecule has 0 atom stereocenters. The van der Waals surface area contributed by atoms with Crippen molar-refractivity contribution in [1.29, 1.82) is 0 Å². The lowest BCUT2D eigenvalue weighted by Crippen LogP contribution is -2.16. The summed E-state index contributed by atoms with van der Waals surface area (Å²) in [6.07, 6.45) is 0. The summed E-state index contributed by atoms with van der Waals surface area (Å²) >= 11 is 3.22. The minimum atomic E-state index is -4.03. The molecule has 0 unspecified atom stereocenters. The molecule has 0 saturated carbocycles. The number of hydrogen-bond donors (Lipinski definition) is 2. The van der Waals surface area contributed by atoms with Gasteiger partial charge in [-0.25, -0.2) is 0 Å². The quantitative estimate of drug-likeness (QED) is 0.606. The van der Waals surface area contributed by atoms with Gasteiger partial charge in [-0.3, -0.25) is 4.79 Å². The largest absolute Gasteiger partial charge is 0.366 e. The fraction of sp³-hybridized carbons (Fsp3) is 0.125. The summed E-state index contributed by atoms with van der Waals surface area (Å²) in [6.45, 7) is 1.68. The van der Waals surface area contributed by atoms with Crippen LogP contribution < -0.4 is 5.73 Å². The van der Waals surface area contributed by atoms with Gasteiger partial charge in [0.1, 0.15) is 4.90 Å². The van der Waals surface area contributed by atoms with Crippen molar-refractivity contribution < 1.29 is 16.8 Å². The molecule has 0 aliphatic heterocycles. The Kier molecular flexibility index (Phi) is 3.38. The molecule has 0 spiro atoms. The molecule has 0 radical (unpaired) electrons. The van der Waals surface area contributed by atoms with Crippen LogP contribution in [-0.4, -0.2) is 14.3 Å². The van der Waals surface area contributed by atoms with Gasteiger partial charge in [-0.2, -0.15) is 12.0 Å². The van der Waals surface area contributed by atoms with Gasteiger partial charge in [0.05, 0.1) is 5.56 Å².